The largest absolute Gasteiger partial charge is 0.461 e. The van der Waals surface area contributed by atoms with E-state index >= 15 is 0 Å². The zero-order chi connectivity index (χ0) is 19.2. The van der Waals surface area contributed by atoms with Crippen molar-refractivity contribution in [3.05, 3.63) is 48.0 Å². The number of aliphatic imine (C=N–C) groups is 1. The SMILES string of the molecule is CN=C(NCCc1ccc2c(c1)OCO2)NCCc1nc(-c2ccco2)n[nH]1.I. The smallest absolute Gasteiger partial charge is 0.231 e. The Morgan fingerprint density at radius 1 is 1.14 bits per heavy atom. The molecule has 3 aromatic rings. The van der Waals surface area contributed by atoms with Crippen LogP contribution in [0.25, 0.3) is 11.6 Å². The standard InChI is InChI=1S/C19H22N6O3.HI/c1-20-19(21-8-6-13-4-5-14-16(11-13)28-12-27-14)22-9-7-17-23-18(25-24-17)15-3-2-10-26-15;/h2-5,10-11H,6-9,12H2,1H3,(H2,20,21,22)(H,23,24,25);1H. The maximum atomic E-state index is 5.41. The first-order chi connectivity index (χ1) is 13.8. The summed E-state index contributed by atoms with van der Waals surface area (Å²) in [7, 11) is 1.75. The first-order valence-electron chi connectivity index (χ1n) is 9.10. The van der Waals surface area contributed by atoms with Gasteiger partial charge in [-0.1, -0.05) is 6.07 Å². The number of hydrogen-bond donors (Lipinski definition) is 3. The second kappa shape index (κ2) is 10.1. The zero-order valence-corrected chi connectivity index (χ0v) is 18.3. The molecule has 0 spiro atoms. The normalized spacial score (nSPS) is 12.5. The van der Waals surface area contributed by atoms with Gasteiger partial charge in [-0.3, -0.25) is 10.1 Å². The van der Waals surface area contributed by atoms with E-state index in [4.69, 9.17) is 13.9 Å². The Bertz CT molecular complexity index is 941. The van der Waals surface area contributed by atoms with Gasteiger partial charge in [-0.15, -0.1) is 24.0 Å². The summed E-state index contributed by atoms with van der Waals surface area (Å²) in [5.41, 5.74) is 1.18. The van der Waals surface area contributed by atoms with Crippen molar-refractivity contribution in [3.8, 4) is 23.1 Å². The highest BCUT2D eigenvalue weighted by atomic mass is 127. The number of hydrogen-bond acceptors (Lipinski definition) is 6. The maximum Gasteiger partial charge on any atom is 0.231 e. The van der Waals surface area contributed by atoms with Gasteiger partial charge in [-0.25, -0.2) is 4.98 Å². The average Bonchev–Trinajstić information content (AvgIpc) is 3.47. The maximum absolute atomic E-state index is 5.41. The average molecular weight is 510 g/mol. The first kappa shape index (κ1) is 21.0. The summed E-state index contributed by atoms with van der Waals surface area (Å²) < 4.78 is 16.0. The van der Waals surface area contributed by atoms with Gasteiger partial charge in [0.2, 0.25) is 12.6 Å². The number of ether oxygens (including phenoxy) is 2. The summed E-state index contributed by atoms with van der Waals surface area (Å²) in [5.74, 6) is 4.35. The van der Waals surface area contributed by atoms with E-state index in [0.29, 0.717) is 31.3 Å². The highest BCUT2D eigenvalue weighted by Crippen LogP contribution is 2.32. The second-order valence-corrected chi connectivity index (χ2v) is 6.20. The number of nitrogens with zero attached hydrogens (tertiary/aromatic N) is 3. The number of benzene rings is 1. The van der Waals surface area contributed by atoms with Crippen molar-refractivity contribution in [2.75, 3.05) is 26.9 Å². The number of aromatic amines is 1. The van der Waals surface area contributed by atoms with Crippen molar-refractivity contribution in [1.82, 2.24) is 25.8 Å². The van der Waals surface area contributed by atoms with Crippen LogP contribution in [0.1, 0.15) is 11.4 Å². The van der Waals surface area contributed by atoms with Crippen molar-refractivity contribution in [3.63, 3.8) is 0 Å². The number of fused-ring (bicyclic) bond motifs is 1. The molecule has 0 bridgehead atoms. The molecule has 0 radical (unpaired) electrons. The van der Waals surface area contributed by atoms with E-state index in [0.717, 1.165) is 36.2 Å². The molecular weight excluding hydrogens is 487 g/mol. The number of nitrogens with one attached hydrogen (secondary N) is 3. The molecule has 9 nitrogen and oxygen atoms in total. The Kier molecular flexibility index (Phi) is 7.33. The molecule has 0 fully saturated rings. The fourth-order valence-corrected chi connectivity index (χ4v) is 2.86. The van der Waals surface area contributed by atoms with Crippen LogP contribution >= 0.6 is 24.0 Å². The monoisotopic (exact) mass is 510 g/mol. The van der Waals surface area contributed by atoms with Gasteiger partial charge < -0.3 is 24.5 Å². The fraction of sp³-hybridized carbons (Fsp3) is 0.316. The van der Waals surface area contributed by atoms with Gasteiger partial charge in [0.15, 0.2) is 23.2 Å². The minimum Gasteiger partial charge on any atom is -0.461 e. The van der Waals surface area contributed by atoms with Crippen LogP contribution in [0.2, 0.25) is 0 Å². The molecule has 0 amide bonds. The molecule has 0 atom stereocenters. The lowest BCUT2D eigenvalue weighted by Crippen LogP contribution is -2.39. The molecule has 1 aliphatic rings. The van der Waals surface area contributed by atoms with Crippen LogP contribution in [0, 0.1) is 0 Å². The number of furan rings is 1. The molecule has 0 aliphatic carbocycles. The van der Waals surface area contributed by atoms with Gasteiger partial charge in [-0.05, 0) is 36.2 Å². The first-order valence-corrected chi connectivity index (χ1v) is 9.10. The van der Waals surface area contributed by atoms with Crippen LogP contribution in [-0.4, -0.2) is 48.1 Å². The summed E-state index contributed by atoms with van der Waals surface area (Å²) in [6.45, 7) is 1.72. The molecule has 3 N–H and O–H groups in total. The van der Waals surface area contributed by atoms with Crippen LogP contribution in [-0.2, 0) is 12.8 Å². The van der Waals surface area contributed by atoms with Crippen molar-refractivity contribution in [1.29, 1.82) is 0 Å². The van der Waals surface area contributed by atoms with Crippen molar-refractivity contribution in [2.24, 2.45) is 4.99 Å². The predicted molar refractivity (Wildman–Crippen MR) is 119 cm³/mol. The van der Waals surface area contributed by atoms with Crippen LogP contribution < -0.4 is 20.1 Å². The molecule has 0 unspecified atom stereocenters. The molecule has 0 saturated carbocycles. The van der Waals surface area contributed by atoms with Crippen LogP contribution in [0.4, 0.5) is 0 Å². The quantitative estimate of drug-likeness (QED) is 0.254. The van der Waals surface area contributed by atoms with Crippen LogP contribution in [0.3, 0.4) is 0 Å². The molecule has 2 aromatic heterocycles. The molecular formula is C19H23IN6O3. The zero-order valence-electron chi connectivity index (χ0n) is 16.0. The van der Waals surface area contributed by atoms with Crippen LogP contribution in [0.5, 0.6) is 11.5 Å². The number of H-pyrrole nitrogens is 1. The summed E-state index contributed by atoms with van der Waals surface area (Å²) in [6, 6.07) is 9.65. The van der Waals surface area contributed by atoms with E-state index in [1.54, 1.807) is 13.3 Å². The number of rotatable bonds is 7. The van der Waals surface area contributed by atoms with Gasteiger partial charge >= 0.3 is 0 Å². The molecule has 4 rings (SSSR count). The van der Waals surface area contributed by atoms with Gasteiger partial charge in [0.1, 0.15) is 5.82 Å². The van der Waals surface area contributed by atoms with E-state index in [1.165, 1.54) is 5.56 Å². The fourth-order valence-electron chi connectivity index (χ4n) is 2.86. The number of guanidine groups is 1. The third-order valence-corrected chi connectivity index (χ3v) is 4.29. The third kappa shape index (κ3) is 5.40. The summed E-state index contributed by atoms with van der Waals surface area (Å²) in [5, 5.41) is 13.7. The lowest BCUT2D eigenvalue weighted by atomic mass is 10.1. The molecule has 29 heavy (non-hydrogen) atoms. The van der Waals surface area contributed by atoms with Gasteiger partial charge in [0.05, 0.1) is 6.26 Å². The Hall–Kier alpha value is -2.76. The second-order valence-electron chi connectivity index (χ2n) is 6.20. The van der Waals surface area contributed by atoms with E-state index in [1.807, 2.05) is 30.3 Å². The van der Waals surface area contributed by atoms with Gasteiger partial charge in [0.25, 0.3) is 0 Å². The van der Waals surface area contributed by atoms with E-state index in [9.17, 15) is 0 Å². The predicted octanol–water partition coefficient (Wildman–Crippen LogP) is 2.36. The molecule has 1 aliphatic heterocycles. The Balaban J connectivity index is 0.00000240. The molecule has 3 heterocycles. The topological polar surface area (TPSA) is 110 Å². The van der Waals surface area contributed by atoms with E-state index < -0.39 is 0 Å². The molecule has 1 aromatic carbocycles. The molecule has 10 heteroatoms. The molecule has 154 valence electrons. The summed E-state index contributed by atoms with van der Waals surface area (Å²) >= 11 is 0. The Morgan fingerprint density at radius 2 is 1.97 bits per heavy atom. The molecule has 0 saturated heterocycles. The summed E-state index contributed by atoms with van der Waals surface area (Å²) in [6.07, 6.45) is 3.15. The van der Waals surface area contributed by atoms with Gasteiger partial charge in [-0.2, -0.15) is 5.10 Å². The lowest BCUT2D eigenvalue weighted by Gasteiger charge is -2.11. The minimum atomic E-state index is 0. The van der Waals surface area contributed by atoms with Crippen molar-refractivity contribution in [2.45, 2.75) is 12.8 Å². The van der Waals surface area contributed by atoms with Crippen LogP contribution in [0.15, 0.2) is 46.0 Å². The van der Waals surface area contributed by atoms with Crippen molar-refractivity contribution < 1.29 is 13.9 Å². The third-order valence-electron chi connectivity index (χ3n) is 4.29. The highest BCUT2D eigenvalue weighted by Gasteiger charge is 2.13. The number of halogens is 1. The van der Waals surface area contributed by atoms with Crippen molar-refractivity contribution >= 4 is 29.9 Å². The van der Waals surface area contributed by atoms with E-state index in [2.05, 4.69) is 30.8 Å². The highest BCUT2D eigenvalue weighted by molar-refractivity contribution is 14.0. The minimum absolute atomic E-state index is 0. The Morgan fingerprint density at radius 3 is 2.76 bits per heavy atom. The van der Waals surface area contributed by atoms with E-state index in [-0.39, 0.29) is 24.0 Å². The summed E-state index contributed by atoms with van der Waals surface area (Å²) in [4.78, 5) is 8.67. The number of aromatic nitrogens is 3. The lowest BCUT2D eigenvalue weighted by molar-refractivity contribution is 0.174. The Labute approximate surface area is 185 Å². The van der Waals surface area contributed by atoms with Gasteiger partial charge in [0, 0.05) is 26.6 Å².